The summed E-state index contributed by atoms with van der Waals surface area (Å²) >= 11 is 3.14. The Morgan fingerprint density at radius 2 is 2.26 bits per heavy atom. The third-order valence-corrected chi connectivity index (χ3v) is 6.68. The number of carbonyl (C=O) groups excluding carboxylic acids is 1. The SMILES string of the molecule is C[C@@H]1CCc2c(sc3nc(SCC(=O)N4CCC4)nc(N)c23)C1. The highest BCUT2D eigenvalue weighted by Gasteiger charge is 2.24. The first-order valence-electron chi connectivity index (χ1n) is 8.10. The Morgan fingerprint density at radius 3 is 3.00 bits per heavy atom. The molecular formula is C16H20N4OS2. The third-order valence-electron chi connectivity index (χ3n) is 4.70. The molecule has 2 aromatic heterocycles. The van der Waals surface area contributed by atoms with E-state index in [2.05, 4.69) is 16.9 Å². The lowest BCUT2D eigenvalue weighted by atomic mass is 9.89. The number of thiophene rings is 1. The van der Waals surface area contributed by atoms with Crippen molar-refractivity contribution in [3.05, 3.63) is 10.4 Å². The number of aromatic nitrogens is 2. The Morgan fingerprint density at radius 1 is 1.43 bits per heavy atom. The Labute approximate surface area is 143 Å². The minimum absolute atomic E-state index is 0.169. The van der Waals surface area contributed by atoms with Crippen molar-refractivity contribution >= 4 is 45.0 Å². The highest BCUT2D eigenvalue weighted by molar-refractivity contribution is 7.99. The van der Waals surface area contributed by atoms with Crippen LogP contribution in [-0.4, -0.2) is 39.6 Å². The van der Waals surface area contributed by atoms with Gasteiger partial charge in [0.05, 0.1) is 11.1 Å². The van der Waals surface area contributed by atoms with Crippen molar-refractivity contribution in [1.29, 1.82) is 0 Å². The number of rotatable bonds is 3. The smallest absolute Gasteiger partial charge is 0.233 e. The van der Waals surface area contributed by atoms with Crippen LogP contribution in [-0.2, 0) is 17.6 Å². The van der Waals surface area contributed by atoms with E-state index in [4.69, 9.17) is 5.73 Å². The van der Waals surface area contributed by atoms with Crippen LogP contribution in [0.15, 0.2) is 5.16 Å². The molecule has 2 aromatic rings. The number of thioether (sulfide) groups is 1. The molecule has 1 aliphatic heterocycles. The summed E-state index contributed by atoms with van der Waals surface area (Å²) in [5.74, 6) is 1.86. The number of aryl methyl sites for hydroxylation is 1. The fraction of sp³-hybridized carbons (Fsp3) is 0.562. The maximum absolute atomic E-state index is 12.0. The summed E-state index contributed by atoms with van der Waals surface area (Å²) in [7, 11) is 0. The van der Waals surface area contributed by atoms with E-state index in [0.717, 1.165) is 48.5 Å². The molecule has 0 aromatic carbocycles. The lowest BCUT2D eigenvalue weighted by molar-refractivity contribution is -0.131. The molecule has 4 rings (SSSR count). The van der Waals surface area contributed by atoms with Gasteiger partial charge in [-0.15, -0.1) is 11.3 Å². The van der Waals surface area contributed by atoms with E-state index in [1.54, 1.807) is 11.3 Å². The van der Waals surface area contributed by atoms with E-state index in [9.17, 15) is 4.79 Å². The van der Waals surface area contributed by atoms with Crippen LogP contribution in [0.3, 0.4) is 0 Å². The van der Waals surface area contributed by atoms with Crippen molar-refractivity contribution in [3.63, 3.8) is 0 Å². The maximum atomic E-state index is 12.0. The molecule has 1 fully saturated rings. The molecule has 7 heteroatoms. The van der Waals surface area contributed by atoms with E-state index in [-0.39, 0.29) is 5.91 Å². The number of fused-ring (bicyclic) bond motifs is 3. The van der Waals surface area contributed by atoms with Crippen molar-refractivity contribution < 1.29 is 4.79 Å². The predicted octanol–water partition coefficient (Wildman–Crippen LogP) is 2.72. The summed E-state index contributed by atoms with van der Waals surface area (Å²) < 4.78 is 0. The zero-order valence-corrected chi connectivity index (χ0v) is 14.8. The van der Waals surface area contributed by atoms with Crippen molar-refractivity contribution in [1.82, 2.24) is 14.9 Å². The molecule has 3 heterocycles. The number of likely N-dealkylation sites (tertiary alicyclic amines) is 1. The Bertz CT molecular complexity index is 769. The number of hydrogen-bond donors (Lipinski definition) is 1. The molecule has 0 saturated carbocycles. The Hall–Kier alpha value is -1.34. The van der Waals surface area contributed by atoms with Crippen LogP contribution in [0, 0.1) is 5.92 Å². The number of amides is 1. The van der Waals surface area contributed by atoms with Crippen LogP contribution in [0.25, 0.3) is 10.2 Å². The number of carbonyl (C=O) groups is 1. The van der Waals surface area contributed by atoms with Gasteiger partial charge in [-0.25, -0.2) is 9.97 Å². The average molecular weight is 348 g/mol. The van der Waals surface area contributed by atoms with Gasteiger partial charge < -0.3 is 10.6 Å². The average Bonchev–Trinajstić information content (AvgIpc) is 2.80. The molecule has 0 spiro atoms. The second-order valence-corrected chi connectivity index (χ2v) is 8.47. The molecule has 0 bridgehead atoms. The summed E-state index contributed by atoms with van der Waals surface area (Å²) in [5, 5.41) is 1.67. The normalized spacial score (nSPS) is 20.4. The summed E-state index contributed by atoms with van der Waals surface area (Å²) in [4.78, 5) is 25.3. The van der Waals surface area contributed by atoms with E-state index in [1.807, 2.05) is 4.90 Å². The largest absolute Gasteiger partial charge is 0.383 e. The van der Waals surface area contributed by atoms with Gasteiger partial charge >= 0.3 is 0 Å². The molecule has 1 atom stereocenters. The summed E-state index contributed by atoms with van der Waals surface area (Å²) in [6.45, 7) is 4.07. The van der Waals surface area contributed by atoms with Crippen molar-refractivity contribution in [2.45, 2.75) is 37.8 Å². The van der Waals surface area contributed by atoms with E-state index < -0.39 is 0 Å². The summed E-state index contributed by atoms with van der Waals surface area (Å²) in [5.41, 5.74) is 7.57. The second kappa shape index (κ2) is 5.94. The standard InChI is InChI=1S/C16H20N4OS2/c1-9-3-4-10-11(7-9)23-15-13(10)14(17)18-16(19-15)22-8-12(21)20-5-2-6-20/h9H,2-8H2,1H3,(H2,17,18,19)/t9-/m1/s1. The zero-order chi connectivity index (χ0) is 16.0. The lowest BCUT2D eigenvalue weighted by Gasteiger charge is -2.30. The van der Waals surface area contributed by atoms with Gasteiger partial charge in [-0.05, 0) is 37.2 Å². The van der Waals surface area contributed by atoms with Gasteiger partial charge in [0.2, 0.25) is 5.91 Å². The van der Waals surface area contributed by atoms with Gasteiger partial charge in [0, 0.05) is 18.0 Å². The number of nitrogens with two attached hydrogens (primary N) is 1. The molecule has 2 N–H and O–H groups in total. The van der Waals surface area contributed by atoms with Crippen molar-refractivity contribution in [2.75, 3.05) is 24.6 Å². The minimum Gasteiger partial charge on any atom is -0.383 e. The maximum Gasteiger partial charge on any atom is 0.233 e. The molecule has 23 heavy (non-hydrogen) atoms. The zero-order valence-electron chi connectivity index (χ0n) is 13.2. The molecule has 1 saturated heterocycles. The van der Waals surface area contributed by atoms with Crippen LogP contribution in [0.2, 0.25) is 0 Å². The monoisotopic (exact) mass is 348 g/mol. The summed E-state index contributed by atoms with van der Waals surface area (Å²) in [6.07, 6.45) is 4.51. The number of nitrogen functional groups attached to an aromatic ring is 1. The van der Waals surface area contributed by atoms with E-state index in [1.165, 1.54) is 28.6 Å². The molecular weight excluding hydrogens is 328 g/mol. The number of anilines is 1. The topological polar surface area (TPSA) is 72.1 Å². The minimum atomic E-state index is 0.169. The quantitative estimate of drug-likeness (QED) is 0.682. The highest BCUT2D eigenvalue weighted by Crippen LogP contribution is 2.39. The van der Waals surface area contributed by atoms with Gasteiger partial charge in [0.1, 0.15) is 10.6 Å². The first-order valence-corrected chi connectivity index (χ1v) is 9.90. The molecule has 2 aliphatic rings. The van der Waals surface area contributed by atoms with Gasteiger partial charge in [-0.1, -0.05) is 18.7 Å². The molecule has 1 aliphatic carbocycles. The van der Waals surface area contributed by atoms with E-state index >= 15 is 0 Å². The predicted molar refractivity (Wildman–Crippen MR) is 94.9 cm³/mol. The third kappa shape index (κ3) is 2.80. The van der Waals surface area contributed by atoms with E-state index in [0.29, 0.717) is 16.7 Å². The van der Waals surface area contributed by atoms with Gasteiger partial charge in [-0.2, -0.15) is 0 Å². The fourth-order valence-electron chi connectivity index (χ4n) is 3.20. The Balaban J connectivity index is 1.58. The van der Waals surface area contributed by atoms with Crippen LogP contribution in [0.1, 0.15) is 30.2 Å². The molecule has 5 nitrogen and oxygen atoms in total. The summed E-state index contributed by atoms with van der Waals surface area (Å²) in [6, 6.07) is 0. The number of nitrogens with zero attached hydrogens (tertiary/aromatic N) is 3. The number of hydrogen-bond acceptors (Lipinski definition) is 6. The molecule has 0 unspecified atom stereocenters. The highest BCUT2D eigenvalue weighted by atomic mass is 32.2. The van der Waals surface area contributed by atoms with Gasteiger partial charge in [-0.3, -0.25) is 4.79 Å². The van der Waals surface area contributed by atoms with Crippen LogP contribution >= 0.6 is 23.1 Å². The van der Waals surface area contributed by atoms with Gasteiger partial charge in [0.25, 0.3) is 0 Å². The Kier molecular flexibility index (Phi) is 3.93. The fourth-order valence-corrected chi connectivity index (χ4v) is 5.40. The van der Waals surface area contributed by atoms with Crippen LogP contribution < -0.4 is 5.73 Å². The first kappa shape index (κ1) is 15.2. The van der Waals surface area contributed by atoms with Crippen LogP contribution in [0.4, 0.5) is 5.82 Å². The van der Waals surface area contributed by atoms with Gasteiger partial charge in [0.15, 0.2) is 5.16 Å². The molecule has 122 valence electrons. The molecule has 1 amide bonds. The second-order valence-electron chi connectivity index (χ2n) is 6.45. The first-order chi connectivity index (χ1) is 11.1. The van der Waals surface area contributed by atoms with Crippen LogP contribution in [0.5, 0.6) is 0 Å². The van der Waals surface area contributed by atoms with Crippen molar-refractivity contribution in [2.24, 2.45) is 5.92 Å². The lowest BCUT2D eigenvalue weighted by Crippen LogP contribution is -2.43. The van der Waals surface area contributed by atoms with Crippen molar-refractivity contribution in [3.8, 4) is 0 Å². The molecule has 0 radical (unpaired) electrons.